The Hall–Kier alpha value is -2.07. The van der Waals surface area contributed by atoms with E-state index in [1.165, 1.54) is 50.2 Å². The minimum absolute atomic E-state index is 0.0759. The average Bonchev–Trinajstić information content (AvgIpc) is 3.37. The van der Waals surface area contributed by atoms with Crippen LogP contribution in [0.15, 0.2) is 42.5 Å². The highest BCUT2D eigenvalue weighted by Gasteiger charge is 2.71. The zero-order valence-electron chi connectivity index (χ0n) is 27.6. The minimum atomic E-state index is -0.275. The molecule has 6 rings (SSSR count). The maximum absolute atomic E-state index is 13.0. The number of phenols is 1. The standard InChI is InChI=1S/C39H56O4/c1-25(2)28-16-21-39(24-40)23-22-37(6)30-13-14-31-35(3,4)32(43-33(42)15-10-26-8-11-27(41)12-9-26)18-19-36(31,5)29(30)17-20-38(37,7)34(28)39/h8-12,15,28-32,34,40-41H,1,13-14,16-24H2,2-7H3/b15-10+/t28?,29?,30?,31?,32-,34?,36+,37-,38+,39+/m0/s1. The van der Waals surface area contributed by atoms with E-state index in [2.05, 4.69) is 48.1 Å². The van der Waals surface area contributed by atoms with Crippen LogP contribution >= 0.6 is 0 Å². The molecule has 0 aromatic heterocycles. The van der Waals surface area contributed by atoms with Crippen LogP contribution in [-0.4, -0.2) is 28.9 Å². The molecule has 5 fully saturated rings. The lowest BCUT2D eigenvalue weighted by atomic mass is 9.33. The predicted molar refractivity (Wildman–Crippen MR) is 173 cm³/mol. The minimum Gasteiger partial charge on any atom is -0.508 e. The van der Waals surface area contributed by atoms with Crippen molar-refractivity contribution in [1.82, 2.24) is 0 Å². The molecule has 5 unspecified atom stereocenters. The number of carbonyl (C=O) groups excluding carboxylic acids is 1. The van der Waals surface area contributed by atoms with Gasteiger partial charge in [-0.05, 0) is 146 Å². The third-order valence-corrected chi connectivity index (χ3v) is 15.0. The summed E-state index contributed by atoms with van der Waals surface area (Å²) in [7, 11) is 0. The summed E-state index contributed by atoms with van der Waals surface area (Å²) >= 11 is 0. The van der Waals surface area contributed by atoms with Gasteiger partial charge in [-0.25, -0.2) is 4.79 Å². The first kappa shape index (κ1) is 30.9. The lowest BCUT2D eigenvalue weighted by Gasteiger charge is -2.72. The van der Waals surface area contributed by atoms with Gasteiger partial charge in [-0.15, -0.1) is 0 Å². The number of aliphatic hydroxyl groups is 1. The molecule has 0 aliphatic heterocycles. The number of ether oxygens (including phenoxy) is 1. The van der Waals surface area contributed by atoms with Crippen molar-refractivity contribution in [2.45, 2.75) is 112 Å². The molecule has 0 bridgehead atoms. The Morgan fingerprint density at radius 3 is 2.30 bits per heavy atom. The number of esters is 1. The lowest BCUT2D eigenvalue weighted by Crippen LogP contribution is -2.66. The highest BCUT2D eigenvalue weighted by molar-refractivity contribution is 5.87. The average molecular weight is 589 g/mol. The molecular weight excluding hydrogens is 532 g/mol. The number of aliphatic hydroxyl groups excluding tert-OH is 1. The molecule has 4 nitrogen and oxygen atoms in total. The van der Waals surface area contributed by atoms with Crippen molar-refractivity contribution < 1.29 is 19.7 Å². The van der Waals surface area contributed by atoms with Crippen LogP contribution in [-0.2, 0) is 9.53 Å². The van der Waals surface area contributed by atoms with Crippen LogP contribution in [0.25, 0.3) is 6.08 Å². The smallest absolute Gasteiger partial charge is 0.331 e. The van der Waals surface area contributed by atoms with Crippen LogP contribution in [0.4, 0.5) is 0 Å². The quantitative estimate of drug-likeness (QED) is 0.205. The zero-order valence-corrected chi connectivity index (χ0v) is 27.6. The third kappa shape index (κ3) is 4.50. The molecule has 4 heteroatoms. The molecule has 5 aliphatic rings. The molecule has 1 aromatic carbocycles. The van der Waals surface area contributed by atoms with E-state index in [1.807, 2.05) is 0 Å². The summed E-state index contributed by atoms with van der Waals surface area (Å²) in [6, 6.07) is 6.85. The monoisotopic (exact) mass is 588 g/mol. The molecule has 5 saturated carbocycles. The molecule has 0 spiro atoms. The van der Waals surface area contributed by atoms with Gasteiger partial charge in [0.1, 0.15) is 11.9 Å². The number of hydrogen-bond donors (Lipinski definition) is 2. The van der Waals surface area contributed by atoms with Crippen LogP contribution in [0.5, 0.6) is 5.75 Å². The summed E-state index contributed by atoms with van der Waals surface area (Å²) in [4.78, 5) is 13.0. The molecule has 10 atom stereocenters. The van der Waals surface area contributed by atoms with E-state index in [1.54, 1.807) is 30.3 Å². The second kappa shape index (κ2) is 10.5. The summed E-state index contributed by atoms with van der Waals surface area (Å²) in [5.74, 6) is 2.94. The van der Waals surface area contributed by atoms with Crippen molar-refractivity contribution in [2.75, 3.05) is 6.61 Å². The summed E-state index contributed by atoms with van der Waals surface area (Å²) in [6.45, 7) is 19.6. The summed E-state index contributed by atoms with van der Waals surface area (Å²) in [6.07, 6.45) is 15.0. The normalized spacial score (nSPS) is 45.0. The summed E-state index contributed by atoms with van der Waals surface area (Å²) in [5, 5.41) is 20.4. The van der Waals surface area contributed by atoms with E-state index in [0.717, 1.165) is 31.2 Å². The first-order valence-corrected chi connectivity index (χ1v) is 17.2. The molecule has 0 heterocycles. The highest BCUT2D eigenvalue weighted by atomic mass is 16.5. The summed E-state index contributed by atoms with van der Waals surface area (Å²) in [5.41, 5.74) is 2.94. The SMILES string of the molecule is C=C(C)C1CC[C@]2(CO)CC[C@@]3(C)C4CCC5C(C)(C)[C@@H](OC(=O)/C=C/c6ccc(O)cc6)CC[C@]5(C)C4CC[C@]3(C)C12. The molecular formula is C39H56O4. The first-order valence-electron chi connectivity index (χ1n) is 17.2. The maximum atomic E-state index is 13.0. The number of phenolic OH excluding ortho intramolecular Hbond substituents is 1. The number of carbonyl (C=O) groups is 1. The highest BCUT2D eigenvalue weighted by Crippen LogP contribution is 2.77. The topological polar surface area (TPSA) is 66.8 Å². The number of benzene rings is 1. The molecule has 236 valence electrons. The van der Waals surface area contributed by atoms with Gasteiger partial charge in [-0.3, -0.25) is 0 Å². The number of rotatable bonds is 5. The number of fused-ring (bicyclic) bond motifs is 7. The van der Waals surface area contributed by atoms with Gasteiger partial charge in [-0.2, -0.15) is 0 Å². The molecule has 5 aliphatic carbocycles. The lowest BCUT2D eigenvalue weighted by molar-refractivity contribution is -0.243. The fourth-order valence-electron chi connectivity index (χ4n) is 12.7. The maximum Gasteiger partial charge on any atom is 0.331 e. The molecule has 43 heavy (non-hydrogen) atoms. The fourth-order valence-corrected chi connectivity index (χ4v) is 12.7. The van der Waals surface area contributed by atoms with Gasteiger partial charge < -0.3 is 14.9 Å². The van der Waals surface area contributed by atoms with E-state index >= 15 is 0 Å². The molecule has 0 saturated heterocycles. The molecule has 0 amide bonds. The molecule has 1 aromatic rings. The van der Waals surface area contributed by atoms with Crippen molar-refractivity contribution in [3.05, 3.63) is 48.1 Å². The van der Waals surface area contributed by atoms with Crippen molar-refractivity contribution >= 4 is 12.0 Å². The van der Waals surface area contributed by atoms with Crippen LogP contribution in [0.2, 0.25) is 0 Å². The van der Waals surface area contributed by atoms with Gasteiger partial charge in [-0.1, -0.05) is 58.9 Å². The van der Waals surface area contributed by atoms with Gasteiger partial charge in [0.25, 0.3) is 0 Å². The molecule has 0 radical (unpaired) electrons. The Kier molecular flexibility index (Phi) is 7.55. The van der Waals surface area contributed by atoms with E-state index in [9.17, 15) is 15.0 Å². The van der Waals surface area contributed by atoms with Crippen LogP contribution in [0.3, 0.4) is 0 Å². The third-order valence-electron chi connectivity index (χ3n) is 15.0. The van der Waals surface area contributed by atoms with E-state index < -0.39 is 0 Å². The Morgan fingerprint density at radius 2 is 1.63 bits per heavy atom. The Morgan fingerprint density at radius 1 is 0.907 bits per heavy atom. The van der Waals surface area contributed by atoms with Gasteiger partial charge >= 0.3 is 5.97 Å². The van der Waals surface area contributed by atoms with Crippen molar-refractivity contribution in [1.29, 1.82) is 0 Å². The Balaban J connectivity index is 1.22. The van der Waals surface area contributed by atoms with Gasteiger partial charge in [0.2, 0.25) is 0 Å². The Bertz CT molecular complexity index is 1280. The van der Waals surface area contributed by atoms with Crippen molar-refractivity contribution in [3.63, 3.8) is 0 Å². The van der Waals surface area contributed by atoms with Crippen LogP contribution in [0, 0.1) is 56.7 Å². The number of aromatic hydroxyl groups is 1. The van der Waals surface area contributed by atoms with Crippen LogP contribution < -0.4 is 0 Å². The van der Waals surface area contributed by atoms with Gasteiger partial charge in [0.05, 0.1) is 0 Å². The predicted octanol–water partition coefficient (Wildman–Crippen LogP) is 8.97. The van der Waals surface area contributed by atoms with Gasteiger partial charge in [0, 0.05) is 18.1 Å². The van der Waals surface area contributed by atoms with Gasteiger partial charge in [0.15, 0.2) is 0 Å². The second-order valence-corrected chi connectivity index (χ2v) is 16.9. The molecule has 2 N–H and O–H groups in total. The Labute approximate surface area is 260 Å². The van der Waals surface area contributed by atoms with Crippen molar-refractivity contribution in [2.24, 2.45) is 56.7 Å². The van der Waals surface area contributed by atoms with Crippen molar-refractivity contribution in [3.8, 4) is 5.75 Å². The number of hydrogen-bond acceptors (Lipinski definition) is 4. The van der Waals surface area contributed by atoms with E-state index in [0.29, 0.717) is 36.2 Å². The largest absolute Gasteiger partial charge is 0.508 e. The fraction of sp³-hybridized carbons (Fsp3) is 0.718. The zero-order chi connectivity index (χ0) is 31.0. The van der Waals surface area contributed by atoms with Crippen LogP contribution in [0.1, 0.15) is 111 Å². The van der Waals surface area contributed by atoms with E-state index in [-0.39, 0.29) is 44.9 Å². The van der Waals surface area contributed by atoms with E-state index in [4.69, 9.17) is 4.74 Å². The summed E-state index contributed by atoms with van der Waals surface area (Å²) < 4.78 is 6.20. The second-order valence-electron chi connectivity index (χ2n) is 16.9. The number of allylic oxidation sites excluding steroid dienone is 1. The first-order chi connectivity index (χ1) is 20.2.